The van der Waals surface area contributed by atoms with Gasteiger partial charge in [-0.3, -0.25) is 9.59 Å². The number of anilines is 1. The number of amides is 2. The molecule has 4 rings (SSSR count). The molecular weight excluding hydrogens is 356 g/mol. The van der Waals surface area contributed by atoms with E-state index in [9.17, 15) is 9.59 Å². The van der Waals surface area contributed by atoms with Gasteiger partial charge in [0.05, 0.1) is 6.54 Å². The first kappa shape index (κ1) is 17.9. The van der Waals surface area contributed by atoms with Crippen molar-refractivity contribution in [1.82, 2.24) is 15.5 Å². The number of nitrogens with zero attached hydrogens (tertiary/aromatic N) is 3. The van der Waals surface area contributed by atoms with E-state index in [-0.39, 0.29) is 18.4 Å². The molecule has 1 N–H and O–H groups in total. The average molecular weight is 376 g/mol. The minimum atomic E-state index is -0.260. The second-order valence-corrected chi connectivity index (χ2v) is 6.71. The second-order valence-electron chi connectivity index (χ2n) is 6.71. The number of carbonyl (C=O) groups excluding carboxylic acids is 2. The number of aryl methyl sites for hydroxylation is 1. The molecule has 28 heavy (non-hydrogen) atoms. The molecule has 0 radical (unpaired) electrons. The van der Waals surface area contributed by atoms with Crippen LogP contribution in [-0.4, -0.2) is 28.5 Å². The van der Waals surface area contributed by atoms with E-state index < -0.39 is 0 Å². The van der Waals surface area contributed by atoms with Gasteiger partial charge in [0.15, 0.2) is 0 Å². The topological polar surface area (TPSA) is 88.3 Å². The molecule has 0 spiro atoms. The highest BCUT2D eigenvalue weighted by molar-refractivity contribution is 5.99. The Labute approximate surface area is 162 Å². The average Bonchev–Trinajstić information content (AvgIpc) is 3.35. The van der Waals surface area contributed by atoms with E-state index in [1.165, 1.54) is 0 Å². The summed E-state index contributed by atoms with van der Waals surface area (Å²) in [6.45, 7) is 2.80. The molecule has 0 bridgehead atoms. The third kappa shape index (κ3) is 3.64. The minimum absolute atomic E-state index is 0.0900. The summed E-state index contributed by atoms with van der Waals surface area (Å²) in [6, 6.07) is 14.8. The van der Waals surface area contributed by atoms with Gasteiger partial charge < -0.3 is 14.7 Å². The summed E-state index contributed by atoms with van der Waals surface area (Å²) >= 11 is 0. The van der Waals surface area contributed by atoms with Gasteiger partial charge in [-0.05, 0) is 37.1 Å². The Morgan fingerprint density at radius 3 is 2.86 bits per heavy atom. The first-order valence-corrected chi connectivity index (χ1v) is 9.19. The van der Waals surface area contributed by atoms with Crippen LogP contribution in [0.15, 0.2) is 53.1 Å². The molecule has 0 aliphatic carbocycles. The molecule has 1 saturated heterocycles. The second kappa shape index (κ2) is 7.64. The summed E-state index contributed by atoms with van der Waals surface area (Å²) < 4.78 is 5.25. The Hall–Kier alpha value is -3.48. The van der Waals surface area contributed by atoms with Crippen molar-refractivity contribution in [1.29, 1.82) is 0 Å². The minimum Gasteiger partial charge on any atom is -0.343 e. The van der Waals surface area contributed by atoms with Crippen molar-refractivity contribution < 1.29 is 14.1 Å². The van der Waals surface area contributed by atoms with Crippen LogP contribution in [0.4, 0.5) is 5.69 Å². The molecule has 2 amide bonds. The van der Waals surface area contributed by atoms with Gasteiger partial charge in [-0.15, -0.1) is 0 Å². The first-order chi connectivity index (χ1) is 13.6. The molecular formula is C21H20N4O3. The van der Waals surface area contributed by atoms with Gasteiger partial charge in [0, 0.05) is 29.8 Å². The molecule has 1 aliphatic heterocycles. The van der Waals surface area contributed by atoms with Crippen molar-refractivity contribution >= 4 is 17.5 Å². The molecule has 2 aromatic carbocycles. The van der Waals surface area contributed by atoms with Gasteiger partial charge in [-0.25, -0.2) is 0 Å². The Morgan fingerprint density at radius 1 is 1.21 bits per heavy atom. The van der Waals surface area contributed by atoms with Crippen LogP contribution in [0.1, 0.15) is 34.7 Å². The normalized spacial score (nSPS) is 13.8. The molecule has 7 nitrogen and oxygen atoms in total. The third-order valence-corrected chi connectivity index (χ3v) is 4.75. The Bertz CT molecular complexity index is 1030. The lowest BCUT2D eigenvalue weighted by atomic mass is 10.1. The van der Waals surface area contributed by atoms with Gasteiger partial charge in [-0.2, -0.15) is 4.98 Å². The molecule has 0 saturated carbocycles. The number of aromatic nitrogens is 2. The van der Waals surface area contributed by atoms with Crippen LogP contribution in [0.25, 0.3) is 11.4 Å². The van der Waals surface area contributed by atoms with Crippen molar-refractivity contribution in [2.45, 2.75) is 26.3 Å². The maximum atomic E-state index is 12.5. The molecule has 1 aromatic heterocycles. The van der Waals surface area contributed by atoms with Crippen LogP contribution < -0.4 is 10.2 Å². The predicted molar refractivity (Wildman–Crippen MR) is 104 cm³/mol. The standard InChI is InChI=1S/C21H20N4O3/c1-14-6-2-3-9-17(14)20-23-18(28-24-20)13-22-21(27)15-7-4-8-16(12-15)25-11-5-10-19(25)26/h2-4,6-9,12H,5,10-11,13H2,1H3,(H,22,27). The zero-order chi connectivity index (χ0) is 19.5. The Balaban J connectivity index is 1.43. The molecule has 3 aromatic rings. The van der Waals surface area contributed by atoms with E-state index in [1.54, 1.807) is 23.1 Å². The van der Waals surface area contributed by atoms with Gasteiger partial charge >= 0.3 is 0 Å². The lowest BCUT2D eigenvalue weighted by Gasteiger charge is -2.16. The first-order valence-electron chi connectivity index (χ1n) is 9.19. The maximum absolute atomic E-state index is 12.5. The fraction of sp³-hybridized carbons (Fsp3) is 0.238. The van der Waals surface area contributed by atoms with E-state index >= 15 is 0 Å². The summed E-state index contributed by atoms with van der Waals surface area (Å²) in [5, 5.41) is 6.78. The summed E-state index contributed by atoms with van der Waals surface area (Å²) in [7, 11) is 0. The summed E-state index contributed by atoms with van der Waals surface area (Å²) in [5.74, 6) is 0.658. The van der Waals surface area contributed by atoms with Crippen LogP contribution >= 0.6 is 0 Å². The van der Waals surface area contributed by atoms with Crippen molar-refractivity contribution in [2.75, 3.05) is 11.4 Å². The van der Waals surface area contributed by atoms with E-state index in [0.717, 1.165) is 23.2 Å². The highest BCUT2D eigenvalue weighted by Crippen LogP contribution is 2.22. The summed E-state index contributed by atoms with van der Waals surface area (Å²) in [4.78, 5) is 30.5. The highest BCUT2D eigenvalue weighted by Gasteiger charge is 2.22. The SMILES string of the molecule is Cc1ccccc1-c1noc(CNC(=O)c2cccc(N3CCCC3=O)c2)n1. The fourth-order valence-electron chi connectivity index (χ4n) is 3.25. The van der Waals surface area contributed by atoms with Crippen LogP contribution in [-0.2, 0) is 11.3 Å². The monoisotopic (exact) mass is 376 g/mol. The van der Waals surface area contributed by atoms with Gasteiger partial charge in [0.25, 0.3) is 5.91 Å². The van der Waals surface area contributed by atoms with Crippen LogP contribution in [0, 0.1) is 6.92 Å². The Kier molecular flexibility index (Phi) is 4.89. The highest BCUT2D eigenvalue weighted by atomic mass is 16.5. The Morgan fingerprint density at radius 2 is 2.07 bits per heavy atom. The van der Waals surface area contributed by atoms with Gasteiger partial charge in [0.2, 0.25) is 17.6 Å². The van der Waals surface area contributed by atoms with Crippen LogP contribution in [0.2, 0.25) is 0 Å². The molecule has 1 aliphatic rings. The van der Waals surface area contributed by atoms with Crippen molar-refractivity contribution in [3.8, 4) is 11.4 Å². The number of nitrogens with one attached hydrogen (secondary N) is 1. The van der Waals surface area contributed by atoms with E-state index in [4.69, 9.17) is 4.52 Å². The number of benzene rings is 2. The fourth-order valence-corrected chi connectivity index (χ4v) is 3.25. The quantitative estimate of drug-likeness (QED) is 0.739. The summed E-state index contributed by atoms with van der Waals surface area (Å²) in [5.41, 5.74) is 3.17. The van der Waals surface area contributed by atoms with E-state index in [2.05, 4.69) is 15.5 Å². The predicted octanol–water partition coefficient (Wildman–Crippen LogP) is 3.10. The molecule has 1 fully saturated rings. The van der Waals surface area contributed by atoms with E-state index in [0.29, 0.717) is 30.2 Å². The summed E-state index contributed by atoms with van der Waals surface area (Å²) in [6.07, 6.45) is 1.40. The van der Waals surface area contributed by atoms with E-state index in [1.807, 2.05) is 37.3 Å². The smallest absolute Gasteiger partial charge is 0.251 e. The number of hydrogen-bond donors (Lipinski definition) is 1. The van der Waals surface area contributed by atoms with Gasteiger partial charge in [0.1, 0.15) is 0 Å². The molecule has 142 valence electrons. The molecule has 0 atom stereocenters. The molecule has 2 heterocycles. The lowest BCUT2D eigenvalue weighted by molar-refractivity contribution is -0.117. The van der Waals surface area contributed by atoms with Crippen molar-refractivity contribution in [3.05, 3.63) is 65.5 Å². The lowest BCUT2D eigenvalue weighted by Crippen LogP contribution is -2.25. The molecule has 7 heteroatoms. The van der Waals surface area contributed by atoms with Crippen LogP contribution in [0.5, 0.6) is 0 Å². The number of rotatable bonds is 5. The third-order valence-electron chi connectivity index (χ3n) is 4.75. The largest absolute Gasteiger partial charge is 0.343 e. The van der Waals surface area contributed by atoms with Crippen molar-refractivity contribution in [2.24, 2.45) is 0 Å². The number of carbonyl (C=O) groups is 2. The van der Waals surface area contributed by atoms with Gasteiger partial charge in [-0.1, -0.05) is 35.5 Å². The zero-order valence-electron chi connectivity index (χ0n) is 15.5. The maximum Gasteiger partial charge on any atom is 0.251 e. The van der Waals surface area contributed by atoms with Crippen LogP contribution in [0.3, 0.4) is 0 Å². The zero-order valence-corrected chi connectivity index (χ0v) is 15.5. The molecule has 0 unspecified atom stereocenters. The number of hydrogen-bond acceptors (Lipinski definition) is 5. The van der Waals surface area contributed by atoms with Crippen molar-refractivity contribution in [3.63, 3.8) is 0 Å².